The highest BCUT2D eigenvalue weighted by Gasteiger charge is 2.21. The van der Waals surface area contributed by atoms with Crippen molar-refractivity contribution < 1.29 is 9.59 Å². The number of carbonyl (C=O) groups is 2. The normalized spacial score (nSPS) is 16.0. The fraction of sp³-hybridized carbons (Fsp3) is 0.364. The van der Waals surface area contributed by atoms with Gasteiger partial charge in [-0.05, 0) is 48.6 Å². The van der Waals surface area contributed by atoms with Crippen molar-refractivity contribution in [2.24, 2.45) is 11.7 Å². The van der Waals surface area contributed by atoms with E-state index in [1.807, 2.05) is 35.2 Å². The summed E-state index contributed by atoms with van der Waals surface area (Å²) in [5, 5.41) is 2.85. The highest BCUT2D eigenvalue weighted by atomic mass is 16.2. The van der Waals surface area contributed by atoms with E-state index >= 15 is 0 Å². The first kappa shape index (κ1) is 19.1. The van der Waals surface area contributed by atoms with Gasteiger partial charge in [-0.3, -0.25) is 9.59 Å². The van der Waals surface area contributed by atoms with E-state index in [-0.39, 0.29) is 24.3 Å². The van der Waals surface area contributed by atoms with Gasteiger partial charge in [-0.15, -0.1) is 0 Å². The fourth-order valence-electron chi connectivity index (χ4n) is 3.32. The summed E-state index contributed by atoms with van der Waals surface area (Å²) < 4.78 is 0. The second-order valence-corrected chi connectivity index (χ2v) is 7.32. The molecule has 5 heteroatoms. The van der Waals surface area contributed by atoms with Crippen molar-refractivity contribution >= 4 is 17.5 Å². The quantitative estimate of drug-likeness (QED) is 0.850. The number of nitrogens with two attached hydrogens (primary N) is 1. The van der Waals surface area contributed by atoms with E-state index in [0.29, 0.717) is 17.2 Å². The number of anilines is 1. The maximum absolute atomic E-state index is 12.6. The number of amides is 2. The van der Waals surface area contributed by atoms with Gasteiger partial charge in [0.15, 0.2) is 0 Å². The third kappa shape index (κ3) is 5.17. The number of benzene rings is 2. The fourth-order valence-corrected chi connectivity index (χ4v) is 3.32. The van der Waals surface area contributed by atoms with Crippen LogP contribution in [0.1, 0.15) is 48.1 Å². The molecule has 0 aromatic heterocycles. The van der Waals surface area contributed by atoms with Crippen molar-refractivity contribution in [3.63, 3.8) is 0 Å². The topological polar surface area (TPSA) is 75.4 Å². The second-order valence-electron chi connectivity index (χ2n) is 7.32. The van der Waals surface area contributed by atoms with Gasteiger partial charge in [0.2, 0.25) is 5.91 Å². The van der Waals surface area contributed by atoms with Crippen molar-refractivity contribution in [2.75, 3.05) is 18.4 Å². The van der Waals surface area contributed by atoms with E-state index in [0.717, 1.165) is 31.5 Å². The van der Waals surface area contributed by atoms with Gasteiger partial charge in [0.05, 0.1) is 0 Å². The van der Waals surface area contributed by atoms with Crippen LogP contribution >= 0.6 is 0 Å². The molecule has 1 saturated heterocycles. The maximum atomic E-state index is 12.6. The molecule has 0 spiro atoms. The summed E-state index contributed by atoms with van der Waals surface area (Å²) in [4.78, 5) is 26.7. The number of carbonyl (C=O) groups excluding carboxylic acids is 2. The first-order valence-electron chi connectivity index (χ1n) is 9.52. The predicted molar refractivity (Wildman–Crippen MR) is 107 cm³/mol. The van der Waals surface area contributed by atoms with Crippen LogP contribution in [-0.4, -0.2) is 29.8 Å². The summed E-state index contributed by atoms with van der Waals surface area (Å²) in [6, 6.07) is 16.3. The van der Waals surface area contributed by atoms with Crippen molar-refractivity contribution in [2.45, 2.75) is 32.2 Å². The molecule has 5 nitrogen and oxygen atoms in total. The van der Waals surface area contributed by atoms with Gasteiger partial charge in [0.1, 0.15) is 0 Å². The summed E-state index contributed by atoms with van der Waals surface area (Å²) in [5.74, 6) is 0.607. The third-order valence-corrected chi connectivity index (χ3v) is 5.12. The molecule has 27 heavy (non-hydrogen) atoms. The van der Waals surface area contributed by atoms with Crippen molar-refractivity contribution in [1.82, 2.24) is 4.90 Å². The number of nitrogens with zero attached hydrogens (tertiary/aromatic N) is 1. The molecule has 1 aliphatic heterocycles. The number of nitrogens with one attached hydrogen (secondary N) is 1. The van der Waals surface area contributed by atoms with Crippen LogP contribution in [0.15, 0.2) is 54.6 Å². The first-order valence-corrected chi connectivity index (χ1v) is 9.52. The average Bonchev–Trinajstić information content (AvgIpc) is 2.69. The van der Waals surface area contributed by atoms with E-state index in [4.69, 9.17) is 5.73 Å². The monoisotopic (exact) mass is 365 g/mol. The van der Waals surface area contributed by atoms with Gasteiger partial charge in [-0.1, -0.05) is 37.3 Å². The lowest BCUT2D eigenvalue weighted by molar-refractivity contribution is -0.116. The number of likely N-dealkylation sites (tertiary alicyclic amines) is 1. The molecule has 1 atom stereocenters. The molecule has 2 aromatic carbocycles. The predicted octanol–water partition coefficient (Wildman–Crippen LogP) is 3.59. The Bertz CT molecular complexity index is 766. The van der Waals surface area contributed by atoms with Gasteiger partial charge in [0.25, 0.3) is 5.91 Å². The highest BCUT2D eigenvalue weighted by molar-refractivity contribution is 5.96. The average molecular weight is 365 g/mol. The molecule has 142 valence electrons. The van der Waals surface area contributed by atoms with Gasteiger partial charge >= 0.3 is 0 Å². The minimum Gasteiger partial charge on any atom is -0.339 e. The van der Waals surface area contributed by atoms with Gasteiger partial charge in [0, 0.05) is 36.8 Å². The number of hydrogen-bond acceptors (Lipinski definition) is 3. The molecule has 3 N–H and O–H groups in total. The minimum atomic E-state index is -0.339. The molecule has 0 radical (unpaired) electrons. The van der Waals surface area contributed by atoms with Crippen LogP contribution in [0.4, 0.5) is 5.69 Å². The molecule has 1 aliphatic rings. The smallest absolute Gasteiger partial charge is 0.253 e. The Morgan fingerprint density at radius 3 is 2.33 bits per heavy atom. The summed E-state index contributed by atoms with van der Waals surface area (Å²) in [6.07, 6.45) is 2.32. The molecule has 2 aromatic rings. The molecule has 0 saturated carbocycles. The zero-order valence-electron chi connectivity index (χ0n) is 15.7. The zero-order chi connectivity index (χ0) is 19.2. The van der Waals surface area contributed by atoms with E-state index in [9.17, 15) is 9.59 Å². The summed E-state index contributed by atoms with van der Waals surface area (Å²) >= 11 is 0. The number of hydrogen-bond donors (Lipinski definition) is 2. The van der Waals surface area contributed by atoms with Crippen molar-refractivity contribution in [3.05, 3.63) is 65.7 Å². The van der Waals surface area contributed by atoms with E-state index in [1.54, 1.807) is 24.3 Å². The Balaban J connectivity index is 1.54. The van der Waals surface area contributed by atoms with Gasteiger partial charge in [-0.25, -0.2) is 0 Å². The number of rotatable bonds is 5. The van der Waals surface area contributed by atoms with E-state index < -0.39 is 0 Å². The molecule has 1 heterocycles. The van der Waals surface area contributed by atoms with Crippen LogP contribution in [0.3, 0.4) is 0 Å². The lowest BCUT2D eigenvalue weighted by Crippen LogP contribution is -2.37. The Morgan fingerprint density at radius 1 is 1.07 bits per heavy atom. The van der Waals surface area contributed by atoms with Gasteiger partial charge in [-0.2, -0.15) is 0 Å². The second kappa shape index (κ2) is 8.82. The van der Waals surface area contributed by atoms with Crippen LogP contribution in [0.25, 0.3) is 0 Å². The van der Waals surface area contributed by atoms with Crippen molar-refractivity contribution in [3.8, 4) is 0 Å². The standard InChI is InChI=1S/C22H27N3O2/c1-16-11-13-25(14-12-16)22(27)18-7-9-19(10-8-18)24-21(26)15-20(23)17-5-3-2-4-6-17/h2-10,16,20H,11-15,23H2,1H3,(H,24,26). The molecule has 2 amide bonds. The van der Waals surface area contributed by atoms with Crippen LogP contribution in [0.2, 0.25) is 0 Å². The SMILES string of the molecule is CC1CCN(C(=O)c2ccc(NC(=O)CC(N)c3ccccc3)cc2)CC1. The van der Waals surface area contributed by atoms with E-state index in [1.165, 1.54) is 0 Å². The lowest BCUT2D eigenvalue weighted by Gasteiger charge is -2.30. The Kier molecular flexibility index (Phi) is 6.24. The Hall–Kier alpha value is -2.66. The molecule has 0 aliphatic carbocycles. The summed E-state index contributed by atoms with van der Waals surface area (Å²) in [6.45, 7) is 3.86. The van der Waals surface area contributed by atoms with Crippen LogP contribution in [0.5, 0.6) is 0 Å². The molecular formula is C22H27N3O2. The third-order valence-electron chi connectivity index (χ3n) is 5.12. The van der Waals surface area contributed by atoms with Gasteiger partial charge < -0.3 is 16.0 Å². The largest absolute Gasteiger partial charge is 0.339 e. The number of piperidine rings is 1. The maximum Gasteiger partial charge on any atom is 0.253 e. The molecule has 1 fully saturated rings. The lowest BCUT2D eigenvalue weighted by atomic mass is 9.98. The summed E-state index contributed by atoms with van der Waals surface area (Å²) in [5.41, 5.74) is 8.36. The highest BCUT2D eigenvalue weighted by Crippen LogP contribution is 2.20. The molecule has 0 bridgehead atoms. The molecular weight excluding hydrogens is 338 g/mol. The minimum absolute atomic E-state index is 0.0610. The van der Waals surface area contributed by atoms with Crippen LogP contribution in [-0.2, 0) is 4.79 Å². The summed E-state index contributed by atoms with van der Waals surface area (Å²) in [7, 11) is 0. The molecule has 3 rings (SSSR count). The Labute approximate surface area is 160 Å². The zero-order valence-corrected chi connectivity index (χ0v) is 15.7. The first-order chi connectivity index (χ1) is 13.0. The van der Waals surface area contributed by atoms with Crippen LogP contribution in [0, 0.1) is 5.92 Å². The molecule has 1 unspecified atom stereocenters. The van der Waals surface area contributed by atoms with Crippen molar-refractivity contribution in [1.29, 1.82) is 0 Å². The van der Waals surface area contributed by atoms with E-state index in [2.05, 4.69) is 12.2 Å². The Morgan fingerprint density at radius 2 is 1.70 bits per heavy atom. The van der Waals surface area contributed by atoms with Crippen LogP contribution < -0.4 is 11.1 Å².